The van der Waals surface area contributed by atoms with Crippen molar-refractivity contribution >= 4 is 25.6 Å². The van der Waals surface area contributed by atoms with Crippen LogP contribution in [0.3, 0.4) is 0 Å². The number of amides is 1. The molecule has 0 bridgehead atoms. The summed E-state index contributed by atoms with van der Waals surface area (Å²) in [6.07, 6.45) is 1.67. The first-order valence-electron chi connectivity index (χ1n) is 5.90. The lowest BCUT2D eigenvalue weighted by Gasteiger charge is -2.25. The zero-order chi connectivity index (χ0) is 14.8. The van der Waals surface area contributed by atoms with Crippen LogP contribution in [0.4, 0.5) is 0 Å². The van der Waals surface area contributed by atoms with E-state index in [1.165, 1.54) is 6.92 Å². The predicted molar refractivity (Wildman–Crippen MR) is 72.8 cm³/mol. The molecular weight excluding hydrogens is 290 g/mol. The van der Waals surface area contributed by atoms with Gasteiger partial charge in [0.15, 0.2) is 5.69 Å². The molecule has 1 heterocycles. The van der Waals surface area contributed by atoms with Crippen LogP contribution in [0.25, 0.3) is 0 Å². The molecule has 1 aromatic rings. The average Bonchev–Trinajstić information content (AvgIpc) is 2.58. The lowest BCUT2D eigenvalue weighted by atomic mass is 9.99. The summed E-state index contributed by atoms with van der Waals surface area (Å²) < 4.78 is 22.9. The molecule has 0 aliphatic carbocycles. The number of carbonyl (C=O) groups excluding carboxylic acids is 1. The fourth-order valence-electron chi connectivity index (χ4n) is 1.93. The molecule has 8 heteroatoms. The van der Waals surface area contributed by atoms with Gasteiger partial charge >= 0.3 is 0 Å². The van der Waals surface area contributed by atoms with Crippen LogP contribution < -0.4 is 5.32 Å². The Morgan fingerprint density at radius 2 is 2.05 bits per heavy atom. The van der Waals surface area contributed by atoms with Crippen molar-refractivity contribution < 1.29 is 13.2 Å². The summed E-state index contributed by atoms with van der Waals surface area (Å²) in [5.41, 5.74) is -0.392. The molecule has 6 nitrogen and oxygen atoms in total. The summed E-state index contributed by atoms with van der Waals surface area (Å²) in [6, 6.07) is 0. The molecule has 0 atom stereocenters. The van der Waals surface area contributed by atoms with Crippen LogP contribution >= 0.6 is 10.7 Å². The van der Waals surface area contributed by atoms with Crippen LogP contribution in [0.5, 0.6) is 0 Å². The molecule has 0 aliphatic heterocycles. The molecule has 1 amide bonds. The Labute approximate surface area is 117 Å². The van der Waals surface area contributed by atoms with E-state index in [1.807, 2.05) is 20.8 Å². The third kappa shape index (κ3) is 3.94. The average molecular weight is 308 g/mol. The number of hydrogen-bond acceptors (Lipinski definition) is 4. The molecular formula is C11H18ClN3O3S. The lowest BCUT2D eigenvalue weighted by molar-refractivity contribution is 0.0900. The van der Waals surface area contributed by atoms with Gasteiger partial charge in [0.25, 0.3) is 15.0 Å². The molecule has 0 aliphatic rings. The maximum Gasteiger partial charge on any atom is 0.273 e. The largest absolute Gasteiger partial charge is 0.346 e. The highest BCUT2D eigenvalue weighted by molar-refractivity contribution is 8.13. The van der Waals surface area contributed by atoms with Crippen LogP contribution in [0.1, 0.15) is 49.8 Å². The van der Waals surface area contributed by atoms with Crippen molar-refractivity contribution in [2.45, 2.75) is 51.0 Å². The van der Waals surface area contributed by atoms with E-state index < -0.39 is 20.5 Å². The van der Waals surface area contributed by atoms with Crippen molar-refractivity contribution in [2.24, 2.45) is 0 Å². The first-order valence-corrected chi connectivity index (χ1v) is 8.21. The Hall–Kier alpha value is -1.08. The number of aromatic nitrogens is 2. The molecule has 19 heavy (non-hydrogen) atoms. The van der Waals surface area contributed by atoms with Crippen molar-refractivity contribution in [1.29, 1.82) is 0 Å². The van der Waals surface area contributed by atoms with E-state index in [-0.39, 0.29) is 16.3 Å². The summed E-state index contributed by atoms with van der Waals surface area (Å²) in [7, 11) is 1.30. The number of nitrogens with zero attached hydrogens (tertiary/aromatic N) is 1. The van der Waals surface area contributed by atoms with Crippen molar-refractivity contribution in [3.63, 3.8) is 0 Å². The number of rotatable bonds is 5. The summed E-state index contributed by atoms with van der Waals surface area (Å²) in [4.78, 5) is 11.8. The van der Waals surface area contributed by atoms with E-state index in [4.69, 9.17) is 10.7 Å². The van der Waals surface area contributed by atoms with E-state index in [0.717, 1.165) is 12.8 Å². The minimum Gasteiger partial charge on any atom is -0.346 e. The molecule has 0 radical (unpaired) electrons. The zero-order valence-corrected chi connectivity index (χ0v) is 12.9. The number of aryl methyl sites for hydroxylation is 1. The number of H-pyrrole nitrogens is 1. The van der Waals surface area contributed by atoms with E-state index in [1.54, 1.807) is 0 Å². The Bertz CT molecular complexity index is 578. The zero-order valence-electron chi connectivity index (χ0n) is 11.4. The smallest absolute Gasteiger partial charge is 0.273 e. The van der Waals surface area contributed by atoms with Gasteiger partial charge in [0.2, 0.25) is 0 Å². The fraction of sp³-hybridized carbons (Fsp3) is 0.636. The fourth-order valence-corrected chi connectivity index (χ4v) is 3.27. The van der Waals surface area contributed by atoms with Crippen LogP contribution in [0, 0.1) is 6.92 Å². The van der Waals surface area contributed by atoms with Gasteiger partial charge < -0.3 is 5.32 Å². The molecule has 108 valence electrons. The van der Waals surface area contributed by atoms with E-state index >= 15 is 0 Å². The quantitative estimate of drug-likeness (QED) is 0.813. The molecule has 0 unspecified atom stereocenters. The van der Waals surface area contributed by atoms with Crippen LogP contribution in [-0.4, -0.2) is 30.1 Å². The number of nitrogens with one attached hydrogen (secondary N) is 2. The highest BCUT2D eigenvalue weighted by atomic mass is 35.7. The highest BCUT2D eigenvalue weighted by Gasteiger charge is 2.29. The van der Waals surface area contributed by atoms with Crippen LogP contribution in [0.2, 0.25) is 0 Å². The third-order valence-electron chi connectivity index (χ3n) is 2.68. The van der Waals surface area contributed by atoms with Crippen LogP contribution in [-0.2, 0) is 9.05 Å². The molecule has 0 fully saturated rings. The van der Waals surface area contributed by atoms with Gasteiger partial charge in [-0.3, -0.25) is 9.89 Å². The molecule has 1 aromatic heterocycles. The predicted octanol–water partition coefficient (Wildman–Crippen LogP) is 1.95. The van der Waals surface area contributed by atoms with Gasteiger partial charge in [-0.1, -0.05) is 13.3 Å². The Morgan fingerprint density at radius 3 is 2.53 bits per heavy atom. The number of halogens is 1. The molecule has 0 aromatic carbocycles. The topological polar surface area (TPSA) is 91.9 Å². The van der Waals surface area contributed by atoms with Crippen molar-refractivity contribution in [3.8, 4) is 0 Å². The summed E-state index contributed by atoms with van der Waals surface area (Å²) in [5, 5.41) is 8.95. The van der Waals surface area contributed by atoms with Gasteiger partial charge in [0.05, 0.1) is 5.69 Å². The van der Waals surface area contributed by atoms with Gasteiger partial charge in [0.1, 0.15) is 4.90 Å². The van der Waals surface area contributed by atoms with Gasteiger partial charge in [0, 0.05) is 16.2 Å². The molecule has 0 spiro atoms. The first-order chi connectivity index (χ1) is 8.58. The van der Waals surface area contributed by atoms with E-state index in [2.05, 4.69) is 15.5 Å². The number of carbonyl (C=O) groups is 1. The minimum absolute atomic E-state index is 0.198. The lowest BCUT2D eigenvalue weighted by Crippen LogP contribution is -2.43. The van der Waals surface area contributed by atoms with Gasteiger partial charge in [-0.25, -0.2) is 8.42 Å². The number of aromatic amines is 1. The minimum atomic E-state index is -4.02. The van der Waals surface area contributed by atoms with E-state index in [0.29, 0.717) is 0 Å². The summed E-state index contributed by atoms with van der Waals surface area (Å²) >= 11 is 0. The SMILES string of the molecule is CCCC(C)(C)NC(=O)c1n[nH]c(C)c1S(=O)(=O)Cl. The maximum absolute atomic E-state index is 12.1. The van der Waals surface area contributed by atoms with Crippen molar-refractivity contribution in [1.82, 2.24) is 15.5 Å². The van der Waals surface area contributed by atoms with E-state index in [9.17, 15) is 13.2 Å². The van der Waals surface area contributed by atoms with Gasteiger partial charge in [-0.15, -0.1) is 0 Å². The molecule has 0 saturated heterocycles. The summed E-state index contributed by atoms with van der Waals surface area (Å²) in [5.74, 6) is -0.554. The Balaban J connectivity index is 3.09. The standard InChI is InChI=1S/C11H18ClN3O3S/c1-5-6-11(3,4)13-10(16)8-9(19(12,17)18)7(2)14-15-8/h5-6H2,1-4H3,(H,13,16)(H,14,15). The third-order valence-corrected chi connectivity index (χ3v) is 4.13. The summed E-state index contributed by atoms with van der Waals surface area (Å²) in [6.45, 7) is 7.23. The molecule has 2 N–H and O–H groups in total. The van der Waals surface area contributed by atoms with Crippen molar-refractivity contribution in [3.05, 3.63) is 11.4 Å². The second-order valence-electron chi connectivity index (χ2n) is 5.05. The van der Waals surface area contributed by atoms with Crippen LogP contribution in [0.15, 0.2) is 4.90 Å². The second-order valence-corrected chi connectivity index (χ2v) is 7.55. The first kappa shape index (κ1) is 16.0. The normalized spacial score (nSPS) is 12.5. The van der Waals surface area contributed by atoms with Gasteiger partial charge in [-0.05, 0) is 27.2 Å². The van der Waals surface area contributed by atoms with Gasteiger partial charge in [-0.2, -0.15) is 5.10 Å². The molecule has 1 rings (SSSR count). The van der Waals surface area contributed by atoms with Crippen molar-refractivity contribution in [2.75, 3.05) is 0 Å². The second kappa shape index (κ2) is 5.50. The monoisotopic (exact) mass is 307 g/mol. The Morgan fingerprint density at radius 1 is 1.47 bits per heavy atom. The Kier molecular flexibility index (Phi) is 4.63. The molecule has 0 saturated carbocycles. The maximum atomic E-state index is 12.1. The highest BCUT2D eigenvalue weighted by Crippen LogP contribution is 2.22. The number of hydrogen-bond donors (Lipinski definition) is 2.